The number of nitrogens with zero attached hydrogens (tertiary/aromatic N) is 2. The Bertz CT molecular complexity index is 754. The molecule has 8 heteroatoms. The van der Waals surface area contributed by atoms with Crippen LogP contribution in [0.5, 0.6) is 0 Å². The number of carbonyl (C=O) groups excluding carboxylic acids is 1. The Labute approximate surface area is 122 Å². The average Bonchev–Trinajstić information content (AvgIpc) is 2.92. The second-order valence-electron chi connectivity index (χ2n) is 4.68. The highest BCUT2D eigenvalue weighted by molar-refractivity contribution is 7.89. The van der Waals surface area contributed by atoms with Gasteiger partial charge in [-0.15, -0.1) is 0 Å². The first-order valence-electron chi connectivity index (χ1n) is 6.22. The molecule has 1 unspecified atom stereocenters. The Kier molecular flexibility index (Phi) is 4.10. The van der Waals surface area contributed by atoms with Crippen LogP contribution in [0.15, 0.2) is 41.6 Å². The fraction of sp³-hybridized carbons (Fsp3) is 0.231. The van der Waals surface area contributed by atoms with Gasteiger partial charge in [-0.05, 0) is 37.6 Å². The maximum absolute atomic E-state index is 12.1. The monoisotopic (exact) mass is 308 g/mol. The molecule has 1 atom stereocenters. The maximum Gasteiger partial charge on any atom is 0.248 e. The molecule has 112 valence electrons. The molecular weight excluding hydrogens is 292 g/mol. The van der Waals surface area contributed by atoms with Crippen LogP contribution in [0.2, 0.25) is 0 Å². The standard InChI is InChI=1S/C13H16N4O3S/c1-9-4-5-11(8-12(9)21(14,19)20)16-13(18)10(2)17-7-3-6-15-17/h3-8,10H,1-2H3,(H,16,18)(H2,14,19,20). The molecule has 2 rings (SSSR count). The van der Waals surface area contributed by atoms with E-state index in [4.69, 9.17) is 5.14 Å². The highest BCUT2D eigenvalue weighted by Crippen LogP contribution is 2.20. The SMILES string of the molecule is Cc1ccc(NC(=O)C(C)n2cccn2)cc1S(N)(=O)=O. The average molecular weight is 308 g/mol. The van der Waals surface area contributed by atoms with Crippen LogP contribution in [0.1, 0.15) is 18.5 Å². The fourth-order valence-corrected chi connectivity index (χ4v) is 2.67. The summed E-state index contributed by atoms with van der Waals surface area (Å²) in [4.78, 5) is 12.1. The molecule has 2 aromatic rings. The van der Waals surface area contributed by atoms with E-state index in [0.29, 0.717) is 11.3 Å². The molecule has 0 fully saturated rings. The number of nitrogens with two attached hydrogens (primary N) is 1. The third-order valence-electron chi connectivity index (χ3n) is 3.06. The van der Waals surface area contributed by atoms with Crippen LogP contribution in [0.4, 0.5) is 5.69 Å². The van der Waals surface area contributed by atoms with Crippen molar-refractivity contribution in [3.05, 3.63) is 42.2 Å². The summed E-state index contributed by atoms with van der Waals surface area (Å²) in [6.07, 6.45) is 3.25. The first-order chi connectivity index (χ1) is 9.79. The lowest BCUT2D eigenvalue weighted by molar-refractivity contribution is -0.119. The van der Waals surface area contributed by atoms with Crippen LogP contribution in [-0.4, -0.2) is 24.1 Å². The van der Waals surface area contributed by atoms with E-state index >= 15 is 0 Å². The van der Waals surface area contributed by atoms with Gasteiger partial charge in [0.15, 0.2) is 0 Å². The number of anilines is 1. The van der Waals surface area contributed by atoms with E-state index < -0.39 is 16.1 Å². The van der Waals surface area contributed by atoms with Crippen LogP contribution < -0.4 is 10.5 Å². The van der Waals surface area contributed by atoms with Gasteiger partial charge in [0.05, 0.1) is 4.90 Å². The van der Waals surface area contributed by atoms with E-state index in [1.54, 1.807) is 44.4 Å². The number of nitrogens with one attached hydrogen (secondary N) is 1. The van der Waals surface area contributed by atoms with Crippen molar-refractivity contribution in [2.24, 2.45) is 5.14 Å². The molecule has 21 heavy (non-hydrogen) atoms. The minimum absolute atomic E-state index is 0.00737. The molecule has 7 nitrogen and oxygen atoms in total. The van der Waals surface area contributed by atoms with Crippen molar-refractivity contribution in [2.75, 3.05) is 5.32 Å². The quantitative estimate of drug-likeness (QED) is 0.879. The summed E-state index contributed by atoms with van der Waals surface area (Å²) in [5, 5.41) is 11.8. The number of primary sulfonamides is 1. The number of sulfonamides is 1. The number of rotatable bonds is 4. The number of carbonyl (C=O) groups is 1. The van der Waals surface area contributed by atoms with Gasteiger partial charge in [-0.2, -0.15) is 5.10 Å². The number of benzene rings is 1. The van der Waals surface area contributed by atoms with Crippen molar-refractivity contribution in [1.29, 1.82) is 0 Å². The molecule has 1 heterocycles. The number of hydrogen-bond acceptors (Lipinski definition) is 4. The van der Waals surface area contributed by atoms with E-state index in [2.05, 4.69) is 10.4 Å². The van der Waals surface area contributed by atoms with Gasteiger partial charge >= 0.3 is 0 Å². The largest absolute Gasteiger partial charge is 0.324 e. The van der Waals surface area contributed by atoms with Gasteiger partial charge < -0.3 is 5.32 Å². The van der Waals surface area contributed by atoms with Crippen LogP contribution in [0.3, 0.4) is 0 Å². The lowest BCUT2D eigenvalue weighted by Crippen LogP contribution is -2.24. The Morgan fingerprint density at radius 1 is 1.43 bits per heavy atom. The molecule has 0 bridgehead atoms. The molecule has 0 aliphatic rings. The molecule has 0 saturated carbocycles. The molecule has 1 aromatic heterocycles. The smallest absolute Gasteiger partial charge is 0.248 e. The Morgan fingerprint density at radius 3 is 2.71 bits per heavy atom. The molecule has 0 radical (unpaired) electrons. The molecule has 0 aliphatic carbocycles. The lowest BCUT2D eigenvalue weighted by atomic mass is 10.2. The van der Waals surface area contributed by atoms with Crippen molar-refractivity contribution in [3.63, 3.8) is 0 Å². The third-order valence-corrected chi connectivity index (χ3v) is 4.12. The predicted molar refractivity (Wildman–Crippen MR) is 78.1 cm³/mol. The summed E-state index contributed by atoms with van der Waals surface area (Å²) in [7, 11) is -3.82. The van der Waals surface area contributed by atoms with E-state index in [-0.39, 0.29) is 10.8 Å². The number of aryl methyl sites for hydroxylation is 1. The normalized spacial score (nSPS) is 12.9. The second kappa shape index (κ2) is 5.66. The molecule has 0 saturated heterocycles. The van der Waals surface area contributed by atoms with Crippen molar-refractivity contribution in [1.82, 2.24) is 9.78 Å². The van der Waals surface area contributed by atoms with Gasteiger partial charge in [-0.25, -0.2) is 13.6 Å². The molecule has 1 amide bonds. The third kappa shape index (κ3) is 3.47. The summed E-state index contributed by atoms with van der Waals surface area (Å²) in [5.74, 6) is -0.303. The van der Waals surface area contributed by atoms with Gasteiger partial charge in [0.25, 0.3) is 0 Å². The Hall–Kier alpha value is -2.19. The maximum atomic E-state index is 12.1. The summed E-state index contributed by atoms with van der Waals surface area (Å²) in [6, 6.07) is 5.76. The van der Waals surface area contributed by atoms with E-state index in [9.17, 15) is 13.2 Å². The number of amides is 1. The van der Waals surface area contributed by atoms with Crippen molar-refractivity contribution in [3.8, 4) is 0 Å². The van der Waals surface area contributed by atoms with Crippen molar-refractivity contribution >= 4 is 21.6 Å². The summed E-state index contributed by atoms with van der Waals surface area (Å²) < 4.78 is 24.4. The lowest BCUT2D eigenvalue weighted by Gasteiger charge is -2.13. The topological polar surface area (TPSA) is 107 Å². The highest BCUT2D eigenvalue weighted by Gasteiger charge is 2.17. The molecule has 1 aromatic carbocycles. The summed E-state index contributed by atoms with van der Waals surface area (Å²) >= 11 is 0. The zero-order valence-electron chi connectivity index (χ0n) is 11.6. The van der Waals surface area contributed by atoms with Crippen LogP contribution in [0, 0.1) is 6.92 Å². The van der Waals surface area contributed by atoms with Crippen molar-refractivity contribution in [2.45, 2.75) is 24.8 Å². The number of aromatic nitrogens is 2. The van der Waals surface area contributed by atoms with Gasteiger partial charge in [0.1, 0.15) is 6.04 Å². The zero-order valence-corrected chi connectivity index (χ0v) is 12.5. The van der Waals surface area contributed by atoms with E-state index in [1.165, 1.54) is 10.7 Å². The molecule has 0 aliphatic heterocycles. The Balaban J connectivity index is 2.22. The number of hydrogen-bond donors (Lipinski definition) is 2. The van der Waals surface area contributed by atoms with Crippen LogP contribution in [-0.2, 0) is 14.8 Å². The fourth-order valence-electron chi connectivity index (χ4n) is 1.86. The zero-order chi connectivity index (χ0) is 15.6. The van der Waals surface area contributed by atoms with Gasteiger partial charge in [-0.1, -0.05) is 6.07 Å². The van der Waals surface area contributed by atoms with Gasteiger partial charge in [-0.3, -0.25) is 9.48 Å². The minimum atomic E-state index is -3.82. The molecular formula is C13H16N4O3S. The van der Waals surface area contributed by atoms with Gasteiger partial charge in [0, 0.05) is 18.1 Å². The Morgan fingerprint density at radius 2 is 2.14 bits per heavy atom. The van der Waals surface area contributed by atoms with Gasteiger partial charge in [0.2, 0.25) is 15.9 Å². The second-order valence-corrected chi connectivity index (χ2v) is 6.21. The highest BCUT2D eigenvalue weighted by atomic mass is 32.2. The van der Waals surface area contributed by atoms with Crippen LogP contribution in [0.25, 0.3) is 0 Å². The summed E-state index contributed by atoms with van der Waals surface area (Å²) in [6.45, 7) is 3.33. The molecule has 0 spiro atoms. The summed E-state index contributed by atoms with van der Waals surface area (Å²) in [5.41, 5.74) is 0.893. The first kappa shape index (κ1) is 15.2. The van der Waals surface area contributed by atoms with Crippen LogP contribution >= 0.6 is 0 Å². The predicted octanol–water partition coefficient (Wildman–Crippen LogP) is 1.04. The van der Waals surface area contributed by atoms with E-state index in [1.807, 2.05) is 0 Å². The minimum Gasteiger partial charge on any atom is -0.324 e. The molecule has 3 N–H and O–H groups in total. The first-order valence-corrected chi connectivity index (χ1v) is 7.77. The van der Waals surface area contributed by atoms with E-state index in [0.717, 1.165) is 0 Å². The van der Waals surface area contributed by atoms with Crippen molar-refractivity contribution < 1.29 is 13.2 Å².